The topological polar surface area (TPSA) is 17.1 Å². The summed E-state index contributed by atoms with van der Waals surface area (Å²) in [6.45, 7) is 4.83. The van der Waals surface area contributed by atoms with E-state index >= 15 is 0 Å². The molecule has 18 heavy (non-hydrogen) atoms. The quantitative estimate of drug-likeness (QED) is 0.622. The van der Waals surface area contributed by atoms with Gasteiger partial charge in [-0.25, -0.2) is 0 Å². The molecule has 0 amide bonds. The van der Waals surface area contributed by atoms with E-state index in [1.807, 2.05) is 0 Å². The van der Waals surface area contributed by atoms with Gasteiger partial charge in [-0.3, -0.25) is 4.79 Å². The summed E-state index contributed by atoms with van der Waals surface area (Å²) in [5.41, 5.74) is 3.29. The smallest absolute Gasteiger partial charge is 0.137 e. The van der Waals surface area contributed by atoms with Crippen LogP contribution in [0.5, 0.6) is 0 Å². The molecule has 0 aromatic rings. The van der Waals surface area contributed by atoms with E-state index in [1.165, 1.54) is 32.1 Å². The Labute approximate surface area is 111 Å². The van der Waals surface area contributed by atoms with Crippen molar-refractivity contribution in [3.05, 3.63) is 11.1 Å². The van der Waals surface area contributed by atoms with Gasteiger partial charge >= 0.3 is 0 Å². The van der Waals surface area contributed by atoms with Crippen molar-refractivity contribution in [3.63, 3.8) is 0 Å². The Morgan fingerprint density at radius 3 is 2.72 bits per heavy atom. The molecular formula is C17H26O. The zero-order valence-corrected chi connectivity index (χ0v) is 11.9. The lowest BCUT2D eigenvalue weighted by molar-refractivity contribution is -0.119. The standard InChI is InChI=1S/C17H26O/c1-3-14-11(2)4-7-17-15-9-6-13(18)10-12(15)5-8-16(14)17/h11,14,16-17H,3-10H2,1-2H3/t11?,14?,16-,17+/m0/s1. The lowest BCUT2D eigenvalue weighted by Gasteiger charge is -2.47. The molecule has 0 aromatic carbocycles. The summed E-state index contributed by atoms with van der Waals surface area (Å²) in [6.07, 6.45) is 9.47. The Morgan fingerprint density at radius 1 is 1.11 bits per heavy atom. The van der Waals surface area contributed by atoms with Gasteiger partial charge in [-0.2, -0.15) is 0 Å². The van der Waals surface area contributed by atoms with Gasteiger partial charge < -0.3 is 0 Å². The van der Waals surface area contributed by atoms with Gasteiger partial charge in [-0.05, 0) is 55.8 Å². The van der Waals surface area contributed by atoms with Crippen LogP contribution < -0.4 is 0 Å². The summed E-state index contributed by atoms with van der Waals surface area (Å²) in [7, 11) is 0. The van der Waals surface area contributed by atoms with E-state index in [9.17, 15) is 4.79 Å². The van der Waals surface area contributed by atoms with E-state index in [2.05, 4.69) is 13.8 Å². The summed E-state index contributed by atoms with van der Waals surface area (Å²) >= 11 is 0. The first-order valence-corrected chi connectivity index (χ1v) is 7.93. The van der Waals surface area contributed by atoms with Crippen LogP contribution in [0.25, 0.3) is 0 Å². The molecule has 1 nitrogen and oxygen atoms in total. The lowest BCUT2D eigenvalue weighted by Crippen LogP contribution is -2.38. The first-order chi connectivity index (χ1) is 8.70. The molecule has 0 aromatic heterocycles. The number of fused-ring (bicyclic) bond motifs is 2. The Kier molecular flexibility index (Phi) is 3.34. The molecule has 100 valence electrons. The normalized spacial score (nSPS) is 40.4. The highest BCUT2D eigenvalue weighted by atomic mass is 16.1. The molecule has 0 bridgehead atoms. The van der Waals surface area contributed by atoms with Crippen LogP contribution in [-0.2, 0) is 4.79 Å². The summed E-state index contributed by atoms with van der Waals surface area (Å²) in [5, 5.41) is 0. The van der Waals surface area contributed by atoms with Crippen LogP contribution in [0, 0.1) is 23.7 Å². The number of carbonyl (C=O) groups is 1. The first-order valence-electron chi connectivity index (χ1n) is 7.93. The van der Waals surface area contributed by atoms with E-state index in [4.69, 9.17) is 0 Å². The fourth-order valence-corrected chi connectivity index (χ4v) is 5.07. The molecule has 0 aliphatic heterocycles. The largest absolute Gasteiger partial charge is 0.299 e. The van der Waals surface area contributed by atoms with Crippen molar-refractivity contribution in [2.45, 2.75) is 65.2 Å². The number of ketones is 1. The van der Waals surface area contributed by atoms with E-state index < -0.39 is 0 Å². The van der Waals surface area contributed by atoms with Gasteiger partial charge in [0.15, 0.2) is 0 Å². The molecule has 1 heteroatoms. The summed E-state index contributed by atoms with van der Waals surface area (Å²) in [6, 6.07) is 0. The average Bonchev–Trinajstić information content (AvgIpc) is 2.37. The van der Waals surface area contributed by atoms with Crippen molar-refractivity contribution in [1.82, 2.24) is 0 Å². The highest BCUT2D eigenvalue weighted by Crippen LogP contribution is 2.51. The van der Waals surface area contributed by atoms with Crippen molar-refractivity contribution in [2.75, 3.05) is 0 Å². The predicted molar refractivity (Wildman–Crippen MR) is 74.3 cm³/mol. The second kappa shape index (κ2) is 4.83. The number of Topliss-reactive ketones (excluding diaryl/α,β-unsaturated/α-hetero) is 1. The lowest BCUT2D eigenvalue weighted by atomic mass is 9.58. The third kappa shape index (κ3) is 1.96. The van der Waals surface area contributed by atoms with E-state index in [0.717, 1.165) is 42.9 Å². The van der Waals surface area contributed by atoms with Gasteiger partial charge in [0.1, 0.15) is 5.78 Å². The Morgan fingerprint density at radius 2 is 1.94 bits per heavy atom. The van der Waals surface area contributed by atoms with Gasteiger partial charge in [0, 0.05) is 12.8 Å². The maximum Gasteiger partial charge on any atom is 0.137 e. The molecule has 3 aliphatic carbocycles. The van der Waals surface area contributed by atoms with Gasteiger partial charge in [0.2, 0.25) is 0 Å². The minimum Gasteiger partial charge on any atom is -0.299 e. The van der Waals surface area contributed by atoms with Crippen LogP contribution in [0.2, 0.25) is 0 Å². The molecule has 3 rings (SSSR count). The molecular weight excluding hydrogens is 220 g/mol. The maximum atomic E-state index is 11.6. The maximum absolute atomic E-state index is 11.6. The van der Waals surface area contributed by atoms with Crippen LogP contribution in [0.1, 0.15) is 65.2 Å². The van der Waals surface area contributed by atoms with Crippen LogP contribution in [0.15, 0.2) is 11.1 Å². The number of hydrogen-bond acceptors (Lipinski definition) is 1. The number of carbonyl (C=O) groups excluding carboxylic acids is 1. The van der Waals surface area contributed by atoms with Gasteiger partial charge in [0.05, 0.1) is 0 Å². The highest BCUT2D eigenvalue weighted by molar-refractivity contribution is 5.82. The first kappa shape index (κ1) is 12.4. The fraction of sp³-hybridized carbons (Fsp3) is 0.824. The van der Waals surface area contributed by atoms with Crippen molar-refractivity contribution < 1.29 is 4.79 Å². The van der Waals surface area contributed by atoms with Crippen molar-refractivity contribution >= 4 is 5.78 Å². The Balaban J connectivity index is 1.87. The van der Waals surface area contributed by atoms with Crippen LogP contribution in [-0.4, -0.2) is 5.78 Å². The second-order valence-corrected chi connectivity index (χ2v) is 6.78. The molecule has 2 unspecified atom stereocenters. The minimum atomic E-state index is 0.489. The van der Waals surface area contributed by atoms with E-state index in [1.54, 1.807) is 11.1 Å². The third-order valence-electron chi connectivity index (χ3n) is 5.97. The zero-order valence-electron chi connectivity index (χ0n) is 11.9. The van der Waals surface area contributed by atoms with Crippen LogP contribution >= 0.6 is 0 Å². The molecule has 0 heterocycles. The summed E-state index contributed by atoms with van der Waals surface area (Å²) in [5.74, 6) is 4.14. The van der Waals surface area contributed by atoms with Crippen LogP contribution in [0.4, 0.5) is 0 Å². The van der Waals surface area contributed by atoms with Gasteiger partial charge in [0.25, 0.3) is 0 Å². The molecule has 1 saturated carbocycles. The number of rotatable bonds is 1. The average molecular weight is 246 g/mol. The SMILES string of the molecule is CCC1C(C)CC[C@@H]2C3=C(CC[C@@H]12)CC(=O)CC3. The summed E-state index contributed by atoms with van der Waals surface area (Å²) in [4.78, 5) is 11.6. The molecule has 0 N–H and O–H groups in total. The van der Waals surface area contributed by atoms with Crippen molar-refractivity contribution in [1.29, 1.82) is 0 Å². The van der Waals surface area contributed by atoms with Crippen molar-refractivity contribution in [3.8, 4) is 0 Å². The fourth-order valence-electron chi connectivity index (χ4n) is 5.07. The summed E-state index contributed by atoms with van der Waals surface area (Å²) < 4.78 is 0. The highest BCUT2D eigenvalue weighted by Gasteiger charge is 2.41. The second-order valence-electron chi connectivity index (χ2n) is 6.78. The zero-order chi connectivity index (χ0) is 12.7. The van der Waals surface area contributed by atoms with Gasteiger partial charge in [-0.15, -0.1) is 0 Å². The van der Waals surface area contributed by atoms with E-state index in [-0.39, 0.29) is 0 Å². The molecule has 0 spiro atoms. The monoisotopic (exact) mass is 246 g/mol. The minimum absolute atomic E-state index is 0.489. The van der Waals surface area contributed by atoms with Gasteiger partial charge in [-0.1, -0.05) is 31.4 Å². The third-order valence-corrected chi connectivity index (χ3v) is 5.97. The van der Waals surface area contributed by atoms with Crippen molar-refractivity contribution in [2.24, 2.45) is 23.7 Å². The van der Waals surface area contributed by atoms with Crippen LogP contribution in [0.3, 0.4) is 0 Å². The molecule has 3 aliphatic rings. The molecule has 0 radical (unpaired) electrons. The number of hydrogen-bond donors (Lipinski definition) is 0. The van der Waals surface area contributed by atoms with E-state index in [0.29, 0.717) is 5.78 Å². The molecule has 4 atom stereocenters. The molecule has 0 saturated heterocycles. The Hall–Kier alpha value is -0.590. The number of allylic oxidation sites excluding steroid dienone is 2. The predicted octanol–water partition coefficient (Wildman–Crippen LogP) is 4.52. The Bertz CT molecular complexity index is 379. The molecule has 1 fully saturated rings.